The van der Waals surface area contributed by atoms with Crippen LogP contribution in [0.5, 0.6) is 11.5 Å². The molecule has 1 fully saturated rings. The highest BCUT2D eigenvalue weighted by atomic mass is 32.2. The molecular formula is C23H28N2O5S. The average Bonchev–Trinajstić information content (AvgIpc) is 3.27. The first kappa shape index (κ1) is 22.8. The molecular weight excluding hydrogens is 416 g/mol. The van der Waals surface area contributed by atoms with Crippen LogP contribution in [0.25, 0.3) is 6.08 Å². The van der Waals surface area contributed by atoms with E-state index >= 15 is 0 Å². The molecule has 0 radical (unpaired) electrons. The monoisotopic (exact) mass is 444 g/mol. The van der Waals surface area contributed by atoms with E-state index in [4.69, 9.17) is 9.47 Å². The van der Waals surface area contributed by atoms with E-state index in [2.05, 4.69) is 4.72 Å². The van der Waals surface area contributed by atoms with Crippen molar-refractivity contribution in [3.63, 3.8) is 0 Å². The van der Waals surface area contributed by atoms with Crippen LogP contribution in [-0.4, -0.2) is 46.5 Å². The Kier molecular flexibility index (Phi) is 7.35. The van der Waals surface area contributed by atoms with Gasteiger partial charge in [-0.1, -0.05) is 35.9 Å². The predicted molar refractivity (Wildman–Crippen MR) is 120 cm³/mol. The Bertz CT molecular complexity index is 1050. The van der Waals surface area contributed by atoms with Gasteiger partial charge < -0.3 is 14.4 Å². The van der Waals surface area contributed by atoms with Crippen molar-refractivity contribution in [3.05, 3.63) is 64.6 Å². The number of benzene rings is 2. The molecule has 1 atom stereocenters. The van der Waals surface area contributed by atoms with E-state index in [9.17, 15) is 13.2 Å². The summed E-state index contributed by atoms with van der Waals surface area (Å²) in [5.74, 6) is 0.959. The second-order valence-electron chi connectivity index (χ2n) is 7.44. The van der Waals surface area contributed by atoms with Crippen LogP contribution in [0.1, 0.15) is 35.6 Å². The maximum atomic E-state index is 12.8. The Morgan fingerprint density at radius 2 is 1.84 bits per heavy atom. The molecule has 31 heavy (non-hydrogen) atoms. The molecule has 7 nitrogen and oxygen atoms in total. The highest BCUT2D eigenvalue weighted by molar-refractivity contribution is 7.92. The molecule has 0 spiro atoms. The van der Waals surface area contributed by atoms with Gasteiger partial charge in [-0.15, -0.1) is 0 Å². The van der Waals surface area contributed by atoms with Crippen molar-refractivity contribution in [2.45, 2.75) is 25.8 Å². The molecule has 166 valence electrons. The van der Waals surface area contributed by atoms with Gasteiger partial charge in [-0.25, -0.2) is 13.1 Å². The topological polar surface area (TPSA) is 84.9 Å². The van der Waals surface area contributed by atoms with Crippen molar-refractivity contribution in [1.82, 2.24) is 9.62 Å². The molecule has 3 rings (SSSR count). The van der Waals surface area contributed by atoms with Crippen molar-refractivity contribution < 1.29 is 22.7 Å². The minimum Gasteiger partial charge on any atom is -0.493 e. The molecule has 0 bridgehead atoms. The standard InChI is InChI=1S/C23H28N2O5S/c1-17-6-8-18(9-7-17)12-14-31(27,28)24-16-23(26)25-13-4-5-20(25)19-10-11-21(29-2)22(15-19)30-3/h6-12,14-15,20,24H,4-5,13,16H2,1-3H3/b14-12+. The van der Waals surface area contributed by atoms with E-state index < -0.39 is 10.0 Å². The van der Waals surface area contributed by atoms with Gasteiger partial charge >= 0.3 is 0 Å². The summed E-state index contributed by atoms with van der Waals surface area (Å²) >= 11 is 0. The SMILES string of the molecule is COc1ccc(C2CCCN2C(=O)CNS(=O)(=O)/C=C/c2ccc(C)cc2)cc1OC. The lowest BCUT2D eigenvalue weighted by atomic mass is 10.0. The van der Waals surface area contributed by atoms with Gasteiger partial charge in [0.25, 0.3) is 0 Å². The van der Waals surface area contributed by atoms with Gasteiger partial charge in [-0.3, -0.25) is 4.79 Å². The molecule has 2 aromatic carbocycles. The summed E-state index contributed by atoms with van der Waals surface area (Å²) in [6.07, 6.45) is 3.17. The fourth-order valence-electron chi connectivity index (χ4n) is 3.63. The Morgan fingerprint density at radius 1 is 1.13 bits per heavy atom. The normalized spacial score (nSPS) is 16.6. The smallest absolute Gasteiger partial charge is 0.238 e. The number of amides is 1. The van der Waals surface area contributed by atoms with Crippen LogP contribution in [0.2, 0.25) is 0 Å². The van der Waals surface area contributed by atoms with Crippen LogP contribution in [0.15, 0.2) is 47.9 Å². The summed E-state index contributed by atoms with van der Waals surface area (Å²) in [4.78, 5) is 14.5. The van der Waals surface area contributed by atoms with Crippen LogP contribution in [0, 0.1) is 6.92 Å². The highest BCUT2D eigenvalue weighted by Crippen LogP contribution is 2.36. The molecule has 1 aliphatic heterocycles. The molecule has 1 unspecified atom stereocenters. The van der Waals surface area contributed by atoms with Gasteiger partial charge in [-0.05, 0) is 49.1 Å². The van der Waals surface area contributed by atoms with Crippen LogP contribution in [-0.2, 0) is 14.8 Å². The summed E-state index contributed by atoms with van der Waals surface area (Å²) in [7, 11) is -0.592. The van der Waals surface area contributed by atoms with E-state index in [1.54, 1.807) is 19.1 Å². The Hall–Kier alpha value is -2.84. The lowest BCUT2D eigenvalue weighted by molar-refractivity contribution is -0.130. The van der Waals surface area contributed by atoms with E-state index in [-0.39, 0.29) is 18.5 Å². The largest absolute Gasteiger partial charge is 0.493 e. The number of carbonyl (C=O) groups is 1. The van der Waals surface area contributed by atoms with Crippen LogP contribution in [0.4, 0.5) is 0 Å². The van der Waals surface area contributed by atoms with Crippen molar-refractivity contribution in [2.75, 3.05) is 27.3 Å². The Labute approximate surface area is 183 Å². The fourth-order valence-corrected chi connectivity index (χ4v) is 4.39. The van der Waals surface area contributed by atoms with Crippen molar-refractivity contribution >= 4 is 22.0 Å². The second kappa shape index (κ2) is 9.98. The molecule has 0 saturated carbocycles. The van der Waals surface area contributed by atoms with Gasteiger partial charge in [0.05, 0.1) is 26.8 Å². The third-order valence-electron chi connectivity index (χ3n) is 5.31. The maximum Gasteiger partial charge on any atom is 0.238 e. The molecule has 1 N–H and O–H groups in total. The number of likely N-dealkylation sites (tertiary alicyclic amines) is 1. The number of ether oxygens (including phenoxy) is 2. The van der Waals surface area contributed by atoms with Crippen LogP contribution >= 0.6 is 0 Å². The number of aryl methyl sites for hydroxylation is 1. The number of hydrogen-bond donors (Lipinski definition) is 1. The average molecular weight is 445 g/mol. The summed E-state index contributed by atoms with van der Waals surface area (Å²) in [6, 6.07) is 13.0. The van der Waals surface area contributed by atoms with E-state index in [1.165, 1.54) is 6.08 Å². The fraction of sp³-hybridized carbons (Fsp3) is 0.348. The van der Waals surface area contributed by atoms with Gasteiger partial charge in [0, 0.05) is 12.0 Å². The summed E-state index contributed by atoms with van der Waals surface area (Å²) < 4.78 is 37.6. The van der Waals surface area contributed by atoms with E-state index in [0.29, 0.717) is 18.0 Å². The number of rotatable bonds is 8. The van der Waals surface area contributed by atoms with Crippen molar-refractivity contribution in [2.24, 2.45) is 0 Å². The summed E-state index contributed by atoms with van der Waals surface area (Å²) in [6.45, 7) is 2.26. The molecule has 8 heteroatoms. The first-order valence-electron chi connectivity index (χ1n) is 10.1. The first-order valence-corrected chi connectivity index (χ1v) is 11.6. The molecule has 1 amide bonds. The summed E-state index contributed by atoms with van der Waals surface area (Å²) in [5.41, 5.74) is 2.80. The lowest BCUT2D eigenvalue weighted by Crippen LogP contribution is -2.39. The summed E-state index contributed by atoms with van der Waals surface area (Å²) in [5, 5.41) is 1.08. The van der Waals surface area contributed by atoms with E-state index in [0.717, 1.165) is 34.9 Å². The second-order valence-corrected chi connectivity index (χ2v) is 9.09. The van der Waals surface area contributed by atoms with Gasteiger partial charge in [0.15, 0.2) is 11.5 Å². The molecule has 1 saturated heterocycles. The number of methoxy groups -OCH3 is 2. The molecule has 0 aliphatic carbocycles. The Morgan fingerprint density at radius 3 is 2.52 bits per heavy atom. The lowest BCUT2D eigenvalue weighted by Gasteiger charge is -2.25. The van der Waals surface area contributed by atoms with Gasteiger partial charge in [0.1, 0.15) is 0 Å². The minimum absolute atomic E-state index is 0.125. The van der Waals surface area contributed by atoms with Crippen LogP contribution in [0.3, 0.4) is 0 Å². The molecule has 1 heterocycles. The highest BCUT2D eigenvalue weighted by Gasteiger charge is 2.30. The number of nitrogens with one attached hydrogen (secondary N) is 1. The van der Waals surface area contributed by atoms with Crippen molar-refractivity contribution in [1.29, 1.82) is 0 Å². The maximum absolute atomic E-state index is 12.8. The number of carbonyl (C=O) groups excluding carboxylic acids is 1. The number of hydrogen-bond acceptors (Lipinski definition) is 5. The first-order chi connectivity index (χ1) is 14.8. The van der Waals surface area contributed by atoms with E-state index in [1.807, 2.05) is 49.4 Å². The third kappa shape index (κ3) is 5.86. The van der Waals surface area contributed by atoms with Gasteiger partial charge in [-0.2, -0.15) is 0 Å². The zero-order valence-corrected chi connectivity index (χ0v) is 18.8. The van der Waals surface area contributed by atoms with Crippen molar-refractivity contribution in [3.8, 4) is 11.5 Å². The minimum atomic E-state index is -3.73. The molecule has 1 aliphatic rings. The zero-order valence-electron chi connectivity index (χ0n) is 18.0. The molecule has 0 aromatic heterocycles. The number of nitrogens with zero attached hydrogens (tertiary/aromatic N) is 1. The third-order valence-corrected chi connectivity index (χ3v) is 6.35. The number of sulfonamides is 1. The Balaban J connectivity index is 1.64. The van der Waals surface area contributed by atoms with Crippen LogP contribution < -0.4 is 14.2 Å². The molecule has 2 aromatic rings. The zero-order chi connectivity index (χ0) is 22.4. The predicted octanol–water partition coefficient (Wildman–Crippen LogP) is 3.27. The quantitative estimate of drug-likeness (QED) is 0.676. The van der Waals surface area contributed by atoms with Gasteiger partial charge in [0.2, 0.25) is 15.9 Å².